The van der Waals surface area contributed by atoms with Gasteiger partial charge in [0, 0.05) is 42.6 Å². The van der Waals surface area contributed by atoms with Crippen LogP contribution in [0.5, 0.6) is 0 Å². The Morgan fingerprint density at radius 2 is 1.68 bits per heavy atom. The first-order valence-corrected chi connectivity index (χ1v) is 13.2. The second-order valence-corrected chi connectivity index (χ2v) is 11.2. The van der Waals surface area contributed by atoms with E-state index >= 15 is 0 Å². The van der Waals surface area contributed by atoms with Crippen molar-refractivity contribution in [2.24, 2.45) is 0 Å². The number of amides is 2. The van der Waals surface area contributed by atoms with E-state index in [4.69, 9.17) is 23.2 Å². The van der Waals surface area contributed by atoms with E-state index in [0.29, 0.717) is 22.0 Å². The normalized spacial score (nSPS) is 12.6. The van der Waals surface area contributed by atoms with Crippen molar-refractivity contribution in [1.29, 1.82) is 0 Å². The lowest BCUT2D eigenvalue weighted by Gasteiger charge is -2.30. The fourth-order valence-electron chi connectivity index (χ4n) is 3.31. The molecule has 34 heavy (non-hydrogen) atoms. The molecule has 0 radical (unpaired) electrons. The summed E-state index contributed by atoms with van der Waals surface area (Å²) in [7, 11) is -2.16. The zero-order valence-corrected chi connectivity index (χ0v) is 22.1. The number of nitrogens with one attached hydrogen (secondary N) is 1. The number of nitrogens with zero attached hydrogens (tertiary/aromatic N) is 2. The van der Waals surface area contributed by atoms with Gasteiger partial charge in [-0.3, -0.25) is 9.59 Å². The lowest BCUT2D eigenvalue weighted by molar-refractivity contribution is -0.140. The van der Waals surface area contributed by atoms with Crippen molar-refractivity contribution in [3.63, 3.8) is 0 Å². The lowest BCUT2D eigenvalue weighted by atomic mass is 10.1. The smallest absolute Gasteiger partial charge is 0.242 e. The summed E-state index contributed by atoms with van der Waals surface area (Å²) < 4.78 is 26.6. The first-order chi connectivity index (χ1) is 15.9. The van der Waals surface area contributed by atoms with Gasteiger partial charge in [-0.2, -0.15) is 0 Å². The molecular formula is C24H31Cl2N3O4S. The van der Waals surface area contributed by atoms with Crippen LogP contribution in [0.4, 0.5) is 0 Å². The molecule has 0 aliphatic rings. The predicted molar refractivity (Wildman–Crippen MR) is 135 cm³/mol. The highest BCUT2D eigenvalue weighted by Gasteiger charge is 2.27. The molecule has 0 aliphatic carbocycles. The molecule has 2 rings (SSSR count). The van der Waals surface area contributed by atoms with E-state index in [1.807, 2.05) is 13.8 Å². The fraction of sp³-hybridized carbons (Fsp3) is 0.417. The van der Waals surface area contributed by atoms with Crippen molar-refractivity contribution < 1.29 is 18.0 Å². The Hall–Kier alpha value is -2.13. The van der Waals surface area contributed by atoms with Crippen molar-refractivity contribution in [2.45, 2.75) is 57.1 Å². The van der Waals surface area contributed by atoms with E-state index in [1.165, 1.54) is 28.4 Å². The van der Waals surface area contributed by atoms with E-state index in [-0.39, 0.29) is 42.3 Å². The van der Waals surface area contributed by atoms with Crippen LogP contribution in [-0.4, -0.2) is 55.1 Å². The van der Waals surface area contributed by atoms with Gasteiger partial charge < -0.3 is 10.2 Å². The first kappa shape index (κ1) is 28.1. The van der Waals surface area contributed by atoms with Crippen LogP contribution in [0.1, 0.15) is 39.2 Å². The molecule has 7 nitrogen and oxygen atoms in total. The Morgan fingerprint density at radius 3 is 2.26 bits per heavy atom. The Morgan fingerprint density at radius 1 is 1.03 bits per heavy atom. The Labute approximate surface area is 212 Å². The molecular weight excluding hydrogens is 497 g/mol. The highest BCUT2D eigenvalue weighted by Crippen LogP contribution is 2.24. The van der Waals surface area contributed by atoms with Crippen molar-refractivity contribution in [1.82, 2.24) is 14.5 Å². The van der Waals surface area contributed by atoms with Crippen LogP contribution >= 0.6 is 23.2 Å². The number of carbonyl (C=O) groups is 2. The van der Waals surface area contributed by atoms with Crippen molar-refractivity contribution >= 4 is 45.0 Å². The van der Waals surface area contributed by atoms with Gasteiger partial charge in [-0.15, -0.1) is 0 Å². The van der Waals surface area contributed by atoms with Crippen LogP contribution in [0.2, 0.25) is 10.0 Å². The average molecular weight is 529 g/mol. The quantitative estimate of drug-likeness (QED) is 0.470. The number of carbonyl (C=O) groups excluding carboxylic acids is 2. The summed E-state index contributed by atoms with van der Waals surface area (Å²) in [6.45, 7) is 5.63. The highest BCUT2D eigenvalue weighted by atomic mass is 35.5. The van der Waals surface area contributed by atoms with E-state index in [0.717, 1.165) is 0 Å². The zero-order chi connectivity index (χ0) is 25.5. The minimum atomic E-state index is -3.64. The highest BCUT2D eigenvalue weighted by molar-refractivity contribution is 7.89. The fourth-order valence-corrected chi connectivity index (χ4v) is 5.01. The van der Waals surface area contributed by atoms with Crippen molar-refractivity contribution in [3.8, 4) is 0 Å². The van der Waals surface area contributed by atoms with Gasteiger partial charge in [0.2, 0.25) is 21.8 Å². The molecule has 1 atom stereocenters. The molecule has 10 heteroatoms. The maximum atomic E-state index is 13.2. The topological polar surface area (TPSA) is 86.8 Å². The maximum Gasteiger partial charge on any atom is 0.242 e. The molecule has 2 aromatic carbocycles. The predicted octanol–water partition coefficient (Wildman–Crippen LogP) is 4.34. The van der Waals surface area contributed by atoms with E-state index in [1.54, 1.807) is 43.3 Å². The second-order valence-electron chi connectivity index (χ2n) is 8.34. The third kappa shape index (κ3) is 7.70. The van der Waals surface area contributed by atoms with Crippen LogP contribution in [0.3, 0.4) is 0 Å². The summed E-state index contributed by atoms with van der Waals surface area (Å²) in [5.74, 6) is -0.555. The van der Waals surface area contributed by atoms with Crippen LogP contribution in [0.15, 0.2) is 53.4 Å². The third-order valence-electron chi connectivity index (χ3n) is 5.27. The molecule has 0 aliphatic heterocycles. The van der Waals surface area contributed by atoms with Crippen molar-refractivity contribution in [3.05, 3.63) is 64.1 Å². The number of halogens is 2. The van der Waals surface area contributed by atoms with E-state index in [9.17, 15) is 18.0 Å². The first-order valence-electron chi connectivity index (χ1n) is 11.0. The summed E-state index contributed by atoms with van der Waals surface area (Å²) >= 11 is 12.3. The molecule has 186 valence electrons. The molecule has 0 saturated heterocycles. The molecule has 0 fully saturated rings. The molecule has 2 amide bonds. The summed E-state index contributed by atoms with van der Waals surface area (Å²) in [4.78, 5) is 27.5. The Kier molecular flexibility index (Phi) is 10.4. The molecule has 0 saturated carbocycles. The van der Waals surface area contributed by atoms with E-state index < -0.39 is 16.1 Å². The number of hydrogen-bond acceptors (Lipinski definition) is 4. The molecule has 0 unspecified atom stereocenters. The lowest BCUT2D eigenvalue weighted by Crippen LogP contribution is -2.49. The zero-order valence-electron chi connectivity index (χ0n) is 19.8. The van der Waals surface area contributed by atoms with Gasteiger partial charge in [0.05, 0.1) is 4.90 Å². The molecule has 2 aromatic rings. The Bertz CT molecular complexity index is 1090. The SMILES string of the molecule is CC(C)NC(=O)[C@@H](C)N(Cc1ccc(Cl)cc1Cl)C(=O)CCCN(C)S(=O)(=O)c1ccccc1. The average Bonchev–Trinajstić information content (AvgIpc) is 2.78. The van der Waals surface area contributed by atoms with Crippen LogP contribution < -0.4 is 5.32 Å². The van der Waals surface area contributed by atoms with Gasteiger partial charge in [0.1, 0.15) is 6.04 Å². The minimum Gasteiger partial charge on any atom is -0.352 e. The van der Waals surface area contributed by atoms with Gasteiger partial charge >= 0.3 is 0 Å². The van der Waals surface area contributed by atoms with Gasteiger partial charge in [0.25, 0.3) is 0 Å². The Balaban J connectivity index is 2.12. The number of hydrogen-bond donors (Lipinski definition) is 1. The summed E-state index contributed by atoms with van der Waals surface area (Å²) in [6, 6.07) is 12.3. The largest absolute Gasteiger partial charge is 0.352 e. The maximum absolute atomic E-state index is 13.2. The standard InChI is InChI=1S/C24H31Cl2N3O4S/c1-17(2)27-24(31)18(3)29(16-19-12-13-20(25)15-22(19)26)23(30)11-8-14-28(4)34(32,33)21-9-6-5-7-10-21/h5-7,9-10,12-13,15,17-18H,8,11,14,16H2,1-4H3,(H,27,31)/t18-/m1/s1. The molecule has 0 heterocycles. The van der Waals surface area contributed by atoms with Gasteiger partial charge in [0.15, 0.2) is 0 Å². The summed E-state index contributed by atoms with van der Waals surface area (Å²) in [6.07, 6.45) is 0.365. The number of sulfonamides is 1. The van der Waals surface area contributed by atoms with E-state index in [2.05, 4.69) is 5.32 Å². The minimum absolute atomic E-state index is 0.0686. The third-order valence-corrected chi connectivity index (χ3v) is 7.73. The van der Waals surface area contributed by atoms with Crippen LogP contribution in [0, 0.1) is 0 Å². The van der Waals surface area contributed by atoms with Crippen molar-refractivity contribution in [2.75, 3.05) is 13.6 Å². The second kappa shape index (κ2) is 12.5. The summed E-state index contributed by atoms with van der Waals surface area (Å²) in [5.41, 5.74) is 0.660. The molecule has 1 N–H and O–H groups in total. The molecule has 0 spiro atoms. The van der Waals surface area contributed by atoms with Crippen LogP contribution in [-0.2, 0) is 26.2 Å². The summed E-state index contributed by atoms with van der Waals surface area (Å²) in [5, 5.41) is 3.70. The van der Waals surface area contributed by atoms with Gasteiger partial charge in [-0.1, -0.05) is 47.5 Å². The monoisotopic (exact) mass is 527 g/mol. The number of rotatable bonds is 11. The van der Waals surface area contributed by atoms with Gasteiger partial charge in [-0.05, 0) is 57.0 Å². The molecule has 0 bridgehead atoms. The van der Waals surface area contributed by atoms with Crippen LogP contribution in [0.25, 0.3) is 0 Å². The number of benzene rings is 2. The molecule has 0 aromatic heterocycles. The van der Waals surface area contributed by atoms with Gasteiger partial charge in [-0.25, -0.2) is 12.7 Å².